The average molecular weight is 515 g/mol. The molecule has 1 fully saturated rings. The Morgan fingerprint density at radius 2 is 1.68 bits per heavy atom. The van der Waals surface area contributed by atoms with Crippen LogP contribution in [0, 0.1) is 19.7 Å². The first-order valence-corrected chi connectivity index (χ1v) is 12.9. The minimum Gasteiger partial charge on any atom is -0.478 e. The molecule has 38 heavy (non-hydrogen) atoms. The second-order valence-corrected chi connectivity index (χ2v) is 10.6. The zero-order chi connectivity index (χ0) is 27.0. The highest BCUT2D eigenvalue weighted by Gasteiger charge is 2.46. The van der Waals surface area contributed by atoms with Gasteiger partial charge in [0.2, 0.25) is 5.91 Å². The van der Waals surface area contributed by atoms with E-state index in [4.69, 9.17) is 0 Å². The molecule has 1 unspecified atom stereocenters. The monoisotopic (exact) mass is 514 g/mol. The van der Waals surface area contributed by atoms with Crippen LogP contribution in [0.25, 0.3) is 0 Å². The zero-order valence-electron chi connectivity index (χ0n) is 21.6. The number of rotatable bonds is 5. The number of halogens is 1. The fourth-order valence-electron chi connectivity index (χ4n) is 6.32. The maximum absolute atomic E-state index is 13.6. The lowest BCUT2D eigenvalue weighted by Crippen LogP contribution is -2.44. The van der Waals surface area contributed by atoms with E-state index in [1.54, 1.807) is 38.1 Å². The van der Waals surface area contributed by atoms with E-state index >= 15 is 0 Å². The summed E-state index contributed by atoms with van der Waals surface area (Å²) < 4.78 is 13.6. The summed E-state index contributed by atoms with van der Waals surface area (Å²) in [7, 11) is 0. The van der Waals surface area contributed by atoms with Gasteiger partial charge in [0.15, 0.2) is 0 Å². The van der Waals surface area contributed by atoms with Crippen LogP contribution in [-0.4, -0.2) is 40.9 Å². The number of fused-ring (bicyclic) bond motifs is 2. The maximum Gasteiger partial charge on any atom is 0.336 e. The molecule has 3 aromatic carbocycles. The lowest BCUT2D eigenvalue weighted by atomic mass is 9.73. The maximum atomic E-state index is 13.6. The first-order valence-electron chi connectivity index (χ1n) is 12.9. The molecule has 1 aliphatic heterocycles. The molecule has 0 aromatic heterocycles. The molecule has 0 radical (unpaired) electrons. The molecule has 1 atom stereocenters. The predicted molar refractivity (Wildman–Crippen MR) is 142 cm³/mol. The van der Waals surface area contributed by atoms with Crippen molar-refractivity contribution in [3.8, 4) is 0 Å². The number of carboxylic acids is 1. The minimum absolute atomic E-state index is 0.0887. The number of nitrogens with one attached hydrogen (secondary N) is 1. The molecule has 0 saturated carbocycles. The largest absolute Gasteiger partial charge is 0.478 e. The summed E-state index contributed by atoms with van der Waals surface area (Å²) in [4.78, 5) is 39.6. The summed E-state index contributed by atoms with van der Waals surface area (Å²) in [6.45, 7) is 4.60. The van der Waals surface area contributed by atoms with Gasteiger partial charge in [-0.1, -0.05) is 36.4 Å². The van der Waals surface area contributed by atoms with Crippen LogP contribution in [0.5, 0.6) is 0 Å². The van der Waals surface area contributed by atoms with Crippen LogP contribution in [0.2, 0.25) is 0 Å². The smallest absolute Gasteiger partial charge is 0.336 e. The third-order valence-corrected chi connectivity index (χ3v) is 8.09. The highest BCUT2D eigenvalue weighted by Crippen LogP contribution is 2.50. The number of benzene rings is 3. The second-order valence-electron chi connectivity index (χ2n) is 10.6. The quantitative estimate of drug-likeness (QED) is 0.495. The topological polar surface area (TPSA) is 86.7 Å². The van der Waals surface area contributed by atoms with Gasteiger partial charge < -0.3 is 15.3 Å². The van der Waals surface area contributed by atoms with Crippen molar-refractivity contribution < 1.29 is 23.9 Å². The first-order chi connectivity index (χ1) is 18.2. The Bertz CT molecular complexity index is 1400. The third-order valence-electron chi connectivity index (χ3n) is 8.09. The number of hydrogen-bond acceptors (Lipinski definition) is 3. The fourth-order valence-corrected chi connectivity index (χ4v) is 6.32. The van der Waals surface area contributed by atoms with E-state index in [1.165, 1.54) is 17.7 Å². The van der Waals surface area contributed by atoms with Crippen molar-refractivity contribution in [1.82, 2.24) is 10.2 Å². The van der Waals surface area contributed by atoms with Crippen molar-refractivity contribution in [2.75, 3.05) is 13.1 Å². The third kappa shape index (κ3) is 4.80. The van der Waals surface area contributed by atoms with Crippen LogP contribution in [0.3, 0.4) is 0 Å². The van der Waals surface area contributed by atoms with Gasteiger partial charge in [-0.15, -0.1) is 0 Å². The van der Waals surface area contributed by atoms with Gasteiger partial charge in [-0.25, -0.2) is 9.18 Å². The number of hydrogen-bond donors (Lipinski definition) is 2. The molecule has 2 aliphatic rings. The van der Waals surface area contributed by atoms with E-state index in [0.29, 0.717) is 35.3 Å². The Kier molecular flexibility index (Phi) is 6.78. The van der Waals surface area contributed by atoms with Crippen molar-refractivity contribution in [1.29, 1.82) is 0 Å². The summed E-state index contributed by atoms with van der Waals surface area (Å²) in [5.74, 6) is -1.58. The van der Waals surface area contributed by atoms with Crippen LogP contribution in [0.4, 0.5) is 4.39 Å². The van der Waals surface area contributed by atoms with Gasteiger partial charge in [-0.05, 0) is 85.2 Å². The number of carboxylic acid groups (broad SMARTS) is 1. The van der Waals surface area contributed by atoms with E-state index in [2.05, 4.69) is 17.4 Å². The molecule has 5 rings (SSSR count). The normalized spacial score (nSPS) is 17.8. The first kappa shape index (κ1) is 25.6. The number of carbonyl (C=O) groups excluding carboxylic acids is 2. The fraction of sp³-hybridized carbons (Fsp3) is 0.323. The number of nitrogens with zero attached hydrogens (tertiary/aromatic N) is 1. The Balaban J connectivity index is 1.29. The summed E-state index contributed by atoms with van der Waals surface area (Å²) in [5.41, 5.74) is 4.74. The van der Waals surface area contributed by atoms with Gasteiger partial charge in [0.05, 0.1) is 18.0 Å². The Labute approximate surface area is 221 Å². The molecule has 0 bridgehead atoms. The molecule has 7 heteroatoms. The Morgan fingerprint density at radius 1 is 1.00 bits per heavy atom. The van der Waals surface area contributed by atoms with Gasteiger partial charge in [0, 0.05) is 24.1 Å². The molecule has 3 aromatic rings. The van der Waals surface area contributed by atoms with Crippen LogP contribution in [0.15, 0.2) is 60.7 Å². The van der Waals surface area contributed by atoms with Gasteiger partial charge in [-0.2, -0.15) is 0 Å². The standard InChI is InChI=1S/C31H31FN2O4/c1-19-14-22(15-20(2)28(19)30(37)38)29(36)34-12-10-31(11-13-34)18-26(24-8-3-4-9-25(24)31)33-27(35)17-21-6-5-7-23(32)16-21/h3-9,14-16,26H,10-13,17-18H2,1-2H3,(H,33,35)(H,37,38). The van der Waals surface area contributed by atoms with Crippen molar-refractivity contribution in [2.45, 2.75) is 51.0 Å². The zero-order valence-corrected chi connectivity index (χ0v) is 21.6. The van der Waals surface area contributed by atoms with Crippen LogP contribution in [0.1, 0.15) is 73.8 Å². The number of aromatic carboxylic acids is 1. The molecule has 1 spiro atoms. The number of piperidine rings is 1. The molecule has 1 saturated heterocycles. The Hall–Kier alpha value is -4.00. The molecule has 196 valence electrons. The number of likely N-dealkylation sites (tertiary alicyclic amines) is 1. The van der Waals surface area contributed by atoms with E-state index < -0.39 is 5.97 Å². The van der Waals surface area contributed by atoms with Gasteiger partial charge in [-0.3, -0.25) is 9.59 Å². The number of carbonyl (C=O) groups is 3. The van der Waals surface area contributed by atoms with Crippen LogP contribution >= 0.6 is 0 Å². The van der Waals surface area contributed by atoms with Crippen LogP contribution in [-0.2, 0) is 16.6 Å². The number of aryl methyl sites for hydroxylation is 2. The van der Waals surface area contributed by atoms with E-state index in [1.807, 2.05) is 17.0 Å². The Morgan fingerprint density at radius 3 is 2.34 bits per heavy atom. The highest BCUT2D eigenvalue weighted by atomic mass is 19.1. The summed E-state index contributed by atoms with van der Waals surface area (Å²) in [6.07, 6.45) is 2.42. The summed E-state index contributed by atoms with van der Waals surface area (Å²) >= 11 is 0. The van der Waals surface area contributed by atoms with E-state index in [-0.39, 0.29) is 41.1 Å². The van der Waals surface area contributed by atoms with Crippen molar-refractivity contribution in [2.24, 2.45) is 0 Å². The minimum atomic E-state index is -0.989. The van der Waals surface area contributed by atoms with Crippen molar-refractivity contribution in [3.05, 3.63) is 105 Å². The van der Waals surface area contributed by atoms with Gasteiger partial charge >= 0.3 is 5.97 Å². The lowest BCUT2D eigenvalue weighted by Gasteiger charge is -2.40. The predicted octanol–water partition coefficient (Wildman–Crippen LogP) is 5.12. The molecule has 2 amide bonds. The summed E-state index contributed by atoms with van der Waals surface area (Å²) in [6, 6.07) is 17.5. The van der Waals surface area contributed by atoms with Crippen molar-refractivity contribution >= 4 is 17.8 Å². The molecule has 1 aliphatic carbocycles. The number of amides is 2. The second kappa shape index (κ2) is 10.0. The highest BCUT2D eigenvalue weighted by molar-refractivity contribution is 5.98. The molecule has 1 heterocycles. The van der Waals surface area contributed by atoms with E-state index in [0.717, 1.165) is 24.8 Å². The van der Waals surface area contributed by atoms with Crippen molar-refractivity contribution in [3.63, 3.8) is 0 Å². The van der Waals surface area contributed by atoms with Gasteiger partial charge in [0.25, 0.3) is 5.91 Å². The SMILES string of the molecule is Cc1cc(C(=O)N2CCC3(CC2)CC(NC(=O)Cc2cccc(F)c2)c2ccccc23)cc(C)c1C(=O)O. The molecule has 2 N–H and O–H groups in total. The lowest BCUT2D eigenvalue weighted by molar-refractivity contribution is -0.121. The van der Waals surface area contributed by atoms with Gasteiger partial charge in [0.1, 0.15) is 5.82 Å². The molecular weight excluding hydrogens is 483 g/mol. The molecular formula is C31H31FN2O4. The summed E-state index contributed by atoms with van der Waals surface area (Å²) in [5, 5.41) is 12.6. The van der Waals surface area contributed by atoms with E-state index in [9.17, 15) is 23.9 Å². The average Bonchev–Trinajstić information content (AvgIpc) is 3.16. The molecule has 6 nitrogen and oxygen atoms in total. The van der Waals surface area contributed by atoms with Crippen LogP contribution < -0.4 is 5.32 Å².